The molecule has 2 aromatic rings. The Balaban J connectivity index is 1.89. The number of nitrogens with zero attached hydrogens (tertiary/aromatic N) is 2. The average molecular weight is 249 g/mol. The molecule has 2 rings (SSSR count). The summed E-state index contributed by atoms with van der Waals surface area (Å²) in [4.78, 5) is 5.16. The molecule has 3 heteroatoms. The monoisotopic (exact) mass is 249 g/mol. The van der Waals surface area contributed by atoms with E-state index < -0.39 is 0 Å². The zero-order chi connectivity index (χ0) is 13.5. The summed E-state index contributed by atoms with van der Waals surface area (Å²) in [6.45, 7) is 2.36. The summed E-state index contributed by atoms with van der Waals surface area (Å²) in [7, 11) is 0. The van der Waals surface area contributed by atoms with Crippen molar-refractivity contribution in [2.24, 2.45) is 5.16 Å². The van der Waals surface area contributed by atoms with Gasteiger partial charge in [0.05, 0.1) is 11.6 Å². The summed E-state index contributed by atoms with van der Waals surface area (Å²) in [5.74, 6) is 0. The van der Waals surface area contributed by atoms with Crippen LogP contribution in [0.15, 0.2) is 53.7 Å². The highest BCUT2D eigenvalue weighted by molar-refractivity contribution is 5.79. The zero-order valence-corrected chi connectivity index (χ0v) is 10.6. The normalized spacial score (nSPS) is 10.3. The van der Waals surface area contributed by atoms with E-state index in [0.717, 1.165) is 11.1 Å². The Kier molecular flexibility index (Phi) is 4.30. The summed E-state index contributed by atoms with van der Waals surface area (Å²) >= 11 is 0. The topological polar surface area (TPSA) is 45.4 Å². The summed E-state index contributed by atoms with van der Waals surface area (Å²) < 4.78 is 0. The Morgan fingerprint density at radius 1 is 1.11 bits per heavy atom. The van der Waals surface area contributed by atoms with Crippen LogP contribution < -0.4 is 0 Å². The molecule has 0 bridgehead atoms. The van der Waals surface area contributed by atoms with Crippen molar-refractivity contribution in [2.45, 2.75) is 13.5 Å². The third-order valence-corrected chi connectivity index (χ3v) is 2.58. The molecule has 19 heavy (non-hydrogen) atoms. The first-order chi connectivity index (χ1) is 9.28. The first-order valence-electron chi connectivity index (χ1n) is 5.91. The quantitative estimate of drug-likeness (QED) is 0.616. The fourth-order valence-corrected chi connectivity index (χ4v) is 1.55. The fourth-order valence-electron chi connectivity index (χ4n) is 1.55. The van der Waals surface area contributed by atoms with E-state index in [4.69, 9.17) is 10.1 Å². The Morgan fingerprint density at radius 3 is 2.63 bits per heavy atom. The van der Waals surface area contributed by atoms with Gasteiger partial charge in [-0.2, -0.15) is 5.26 Å². The van der Waals surface area contributed by atoms with Crippen LogP contribution in [0.25, 0.3) is 0 Å². The van der Waals surface area contributed by atoms with Gasteiger partial charge in [-0.15, -0.1) is 0 Å². The van der Waals surface area contributed by atoms with Crippen LogP contribution in [0.4, 0.5) is 0 Å². The molecule has 2 aromatic carbocycles. The van der Waals surface area contributed by atoms with Crippen LogP contribution in [0.5, 0.6) is 0 Å². The molecule has 0 aromatic heterocycles. The molecule has 0 fully saturated rings. The van der Waals surface area contributed by atoms with E-state index in [9.17, 15) is 0 Å². The molecular formula is C16H13N2O. The van der Waals surface area contributed by atoms with E-state index in [2.05, 4.69) is 17.4 Å². The summed E-state index contributed by atoms with van der Waals surface area (Å²) in [6, 6.07) is 17.2. The maximum Gasteiger partial charge on any atom is 0.142 e. The minimum Gasteiger partial charge on any atom is -0.390 e. The Morgan fingerprint density at radius 2 is 1.89 bits per heavy atom. The smallest absolute Gasteiger partial charge is 0.142 e. The largest absolute Gasteiger partial charge is 0.390 e. The molecule has 0 amide bonds. The second kappa shape index (κ2) is 6.36. The predicted octanol–water partition coefficient (Wildman–Crippen LogP) is 3.29. The summed E-state index contributed by atoms with van der Waals surface area (Å²) in [6.07, 6.45) is 2.81. The average Bonchev–Trinajstić information content (AvgIpc) is 2.46. The van der Waals surface area contributed by atoms with Crippen LogP contribution in [0.1, 0.15) is 22.3 Å². The second-order valence-corrected chi connectivity index (χ2v) is 4.15. The molecule has 0 saturated heterocycles. The molecule has 0 N–H and O–H groups in total. The molecule has 1 radical (unpaired) electrons. The Hall–Kier alpha value is -2.60. The maximum atomic E-state index is 8.78. The molecule has 0 aliphatic carbocycles. The van der Waals surface area contributed by atoms with Gasteiger partial charge in [0.15, 0.2) is 0 Å². The lowest BCUT2D eigenvalue weighted by molar-refractivity contribution is 0.132. The minimum absolute atomic E-state index is 0.328. The van der Waals surface area contributed by atoms with Crippen LogP contribution in [0, 0.1) is 18.3 Å². The molecular weight excluding hydrogens is 236 g/mol. The van der Waals surface area contributed by atoms with Gasteiger partial charge in [-0.25, -0.2) is 0 Å². The Bertz CT molecular complexity index is 609. The van der Waals surface area contributed by atoms with E-state index >= 15 is 0 Å². The number of aryl methyl sites for hydroxylation is 1. The van der Waals surface area contributed by atoms with Gasteiger partial charge in [0.25, 0.3) is 0 Å². The molecule has 0 unspecified atom stereocenters. The molecule has 93 valence electrons. The molecule has 0 saturated carbocycles. The SMILES string of the molecule is Cc1ccc(/[C]=N\OCc2cccc(C#N)c2)cc1. The number of rotatable bonds is 4. The minimum atomic E-state index is 0.328. The van der Waals surface area contributed by atoms with Gasteiger partial charge < -0.3 is 4.84 Å². The lowest BCUT2D eigenvalue weighted by atomic mass is 10.1. The van der Waals surface area contributed by atoms with Crippen molar-refractivity contribution in [3.05, 3.63) is 70.8 Å². The summed E-state index contributed by atoms with van der Waals surface area (Å²) in [5, 5.41) is 12.6. The number of benzene rings is 2. The number of hydrogen-bond donors (Lipinski definition) is 0. The highest BCUT2D eigenvalue weighted by Gasteiger charge is 1.95. The van der Waals surface area contributed by atoms with E-state index in [1.807, 2.05) is 43.3 Å². The molecule has 0 spiro atoms. The molecule has 0 aliphatic heterocycles. The van der Waals surface area contributed by atoms with Gasteiger partial charge in [-0.3, -0.25) is 0 Å². The Labute approximate surface area is 112 Å². The van der Waals surface area contributed by atoms with Gasteiger partial charge in [0.2, 0.25) is 0 Å². The first kappa shape index (κ1) is 12.8. The lowest BCUT2D eigenvalue weighted by Gasteiger charge is -1.99. The highest BCUT2D eigenvalue weighted by atomic mass is 16.6. The van der Waals surface area contributed by atoms with Crippen molar-refractivity contribution in [3.63, 3.8) is 0 Å². The predicted molar refractivity (Wildman–Crippen MR) is 73.7 cm³/mol. The van der Waals surface area contributed by atoms with Gasteiger partial charge in [0.1, 0.15) is 12.8 Å². The van der Waals surface area contributed by atoms with Crippen LogP contribution in [-0.4, -0.2) is 6.21 Å². The molecule has 0 atom stereocenters. The van der Waals surface area contributed by atoms with Gasteiger partial charge >= 0.3 is 0 Å². The zero-order valence-electron chi connectivity index (χ0n) is 10.6. The molecule has 0 aliphatic rings. The van der Waals surface area contributed by atoms with E-state index in [1.165, 1.54) is 5.56 Å². The lowest BCUT2D eigenvalue weighted by Crippen LogP contribution is -1.89. The van der Waals surface area contributed by atoms with Crippen molar-refractivity contribution < 1.29 is 4.84 Å². The maximum absolute atomic E-state index is 8.78. The second-order valence-electron chi connectivity index (χ2n) is 4.15. The fraction of sp³-hybridized carbons (Fsp3) is 0.125. The molecule has 3 nitrogen and oxygen atoms in total. The summed E-state index contributed by atoms with van der Waals surface area (Å²) in [5.41, 5.74) is 3.59. The van der Waals surface area contributed by atoms with Crippen molar-refractivity contribution in [2.75, 3.05) is 0 Å². The first-order valence-corrected chi connectivity index (χ1v) is 5.91. The van der Waals surface area contributed by atoms with Crippen molar-refractivity contribution in [1.82, 2.24) is 0 Å². The van der Waals surface area contributed by atoms with Crippen LogP contribution >= 0.6 is 0 Å². The van der Waals surface area contributed by atoms with Crippen LogP contribution in [-0.2, 0) is 11.4 Å². The number of nitriles is 1. The molecule has 0 heterocycles. The third kappa shape index (κ3) is 3.97. The van der Waals surface area contributed by atoms with Crippen molar-refractivity contribution >= 4 is 6.21 Å². The standard InChI is InChI=1S/C16H13N2O/c1-13-5-7-14(8-6-13)11-18-19-12-16-4-2-3-15(9-16)10-17/h2-9H,12H2,1H3. The van der Waals surface area contributed by atoms with Crippen LogP contribution in [0.3, 0.4) is 0 Å². The van der Waals surface area contributed by atoms with Crippen LogP contribution in [0.2, 0.25) is 0 Å². The number of hydrogen-bond acceptors (Lipinski definition) is 3. The van der Waals surface area contributed by atoms with Gasteiger partial charge in [-0.05, 0) is 24.6 Å². The van der Waals surface area contributed by atoms with Gasteiger partial charge in [0, 0.05) is 5.56 Å². The third-order valence-electron chi connectivity index (χ3n) is 2.58. The van der Waals surface area contributed by atoms with Gasteiger partial charge in [-0.1, -0.05) is 47.1 Å². The highest BCUT2D eigenvalue weighted by Crippen LogP contribution is 2.06. The van der Waals surface area contributed by atoms with Crippen molar-refractivity contribution in [1.29, 1.82) is 5.26 Å². The van der Waals surface area contributed by atoms with E-state index in [1.54, 1.807) is 12.1 Å². The van der Waals surface area contributed by atoms with Crippen molar-refractivity contribution in [3.8, 4) is 6.07 Å². The van der Waals surface area contributed by atoms with E-state index in [0.29, 0.717) is 12.2 Å². The van der Waals surface area contributed by atoms with E-state index in [-0.39, 0.29) is 0 Å².